The summed E-state index contributed by atoms with van der Waals surface area (Å²) < 4.78 is 4.90. The third-order valence-corrected chi connectivity index (χ3v) is 3.17. The summed E-state index contributed by atoms with van der Waals surface area (Å²) in [4.78, 5) is 16.2. The second kappa shape index (κ2) is 6.90. The van der Waals surface area contributed by atoms with Crippen LogP contribution in [0.5, 0.6) is 0 Å². The van der Waals surface area contributed by atoms with Crippen molar-refractivity contribution in [1.82, 2.24) is 10.3 Å². The highest BCUT2D eigenvalue weighted by atomic mass is 16.5. The maximum Gasteiger partial charge on any atom is 0.242 e. The zero-order valence-corrected chi connectivity index (χ0v) is 12.2. The highest BCUT2D eigenvalue weighted by molar-refractivity contribution is 5.98. The molecule has 0 aliphatic carbocycles. The fourth-order valence-electron chi connectivity index (χ4n) is 2.05. The van der Waals surface area contributed by atoms with Crippen molar-refractivity contribution in [2.75, 3.05) is 31.3 Å². The Bertz CT molecular complexity index is 630. The average Bonchev–Trinajstić information content (AvgIpc) is 2.48. The molecule has 0 bridgehead atoms. The molecule has 0 radical (unpaired) electrons. The van der Waals surface area contributed by atoms with E-state index in [1.54, 1.807) is 26.3 Å². The van der Waals surface area contributed by atoms with Crippen LogP contribution >= 0.6 is 0 Å². The molecule has 6 nitrogen and oxygen atoms in total. The Morgan fingerprint density at radius 2 is 2.24 bits per heavy atom. The predicted octanol–water partition coefficient (Wildman–Crippen LogP) is 1.38. The molecular formula is C15H20N4O2. The van der Waals surface area contributed by atoms with E-state index < -0.39 is 0 Å². The lowest BCUT2D eigenvalue weighted by molar-refractivity contribution is -0.121. The Labute approximate surface area is 123 Å². The topological polar surface area (TPSA) is 89.3 Å². The second-order valence-corrected chi connectivity index (χ2v) is 4.75. The number of fused-ring (bicyclic) bond motifs is 1. The molecule has 2 aromatic rings. The molecule has 0 aliphatic heterocycles. The van der Waals surface area contributed by atoms with Gasteiger partial charge in [0.1, 0.15) is 6.04 Å². The molecular weight excluding hydrogens is 268 g/mol. The number of benzene rings is 1. The summed E-state index contributed by atoms with van der Waals surface area (Å²) in [5, 5.41) is 6.88. The van der Waals surface area contributed by atoms with E-state index in [1.807, 2.05) is 18.2 Å². The van der Waals surface area contributed by atoms with Gasteiger partial charge in [-0.15, -0.1) is 0 Å². The number of hydrogen-bond donors (Lipinski definition) is 3. The molecule has 4 N–H and O–H groups in total. The normalized spacial score (nSPS) is 12.1. The Morgan fingerprint density at radius 3 is 3.00 bits per heavy atom. The van der Waals surface area contributed by atoms with E-state index >= 15 is 0 Å². The summed E-state index contributed by atoms with van der Waals surface area (Å²) in [5.74, 6) is -0.0825. The maximum atomic E-state index is 12.0. The summed E-state index contributed by atoms with van der Waals surface area (Å²) in [6, 6.07) is 7.07. The van der Waals surface area contributed by atoms with Crippen LogP contribution in [-0.4, -0.2) is 37.2 Å². The highest BCUT2D eigenvalue weighted by Gasteiger charge is 2.13. The summed E-state index contributed by atoms with van der Waals surface area (Å²) in [5.41, 5.74) is 8.10. The number of amides is 1. The third kappa shape index (κ3) is 3.61. The SMILES string of the molecule is COCCNC(=O)C(C)Nc1ccnc2c(N)cccc12. The van der Waals surface area contributed by atoms with Crippen molar-refractivity contribution in [3.05, 3.63) is 30.5 Å². The van der Waals surface area contributed by atoms with E-state index in [2.05, 4.69) is 15.6 Å². The lowest BCUT2D eigenvalue weighted by Gasteiger charge is -2.16. The number of nitrogens with zero attached hydrogens (tertiary/aromatic N) is 1. The van der Waals surface area contributed by atoms with Gasteiger partial charge < -0.3 is 21.1 Å². The van der Waals surface area contributed by atoms with Crippen LogP contribution in [0.3, 0.4) is 0 Å². The Balaban J connectivity index is 2.12. The van der Waals surface area contributed by atoms with Crippen molar-refractivity contribution in [2.24, 2.45) is 0 Å². The first-order valence-electron chi connectivity index (χ1n) is 6.80. The van der Waals surface area contributed by atoms with Gasteiger partial charge in [0.2, 0.25) is 5.91 Å². The predicted molar refractivity (Wildman–Crippen MR) is 84.1 cm³/mol. The standard InChI is InChI=1S/C15H20N4O2/c1-10(15(20)18-8-9-21-2)19-13-6-7-17-14-11(13)4-3-5-12(14)16/h3-7,10H,8-9,16H2,1-2H3,(H,17,19)(H,18,20). The van der Waals surface area contributed by atoms with Gasteiger partial charge in [-0.1, -0.05) is 12.1 Å². The van der Waals surface area contributed by atoms with E-state index in [0.717, 1.165) is 16.6 Å². The van der Waals surface area contributed by atoms with Gasteiger partial charge in [0, 0.05) is 30.9 Å². The highest BCUT2D eigenvalue weighted by Crippen LogP contribution is 2.25. The first-order valence-corrected chi connectivity index (χ1v) is 6.80. The number of nitrogens with two attached hydrogens (primary N) is 1. The number of rotatable bonds is 6. The Morgan fingerprint density at radius 1 is 1.43 bits per heavy atom. The molecule has 1 heterocycles. The van der Waals surface area contributed by atoms with Crippen molar-refractivity contribution >= 4 is 28.2 Å². The van der Waals surface area contributed by atoms with Crippen LogP contribution in [-0.2, 0) is 9.53 Å². The molecule has 0 aliphatic rings. The largest absolute Gasteiger partial charge is 0.397 e. The second-order valence-electron chi connectivity index (χ2n) is 4.75. The molecule has 1 unspecified atom stereocenters. The van der Waals surface area contributed by atoms with Gasteiger partial charge in [-0.25, -0.2) is 0 Å². The lowest BCUT2D eigenvalue weighted by Crippen LogP contribution is -2.39. The van der Waals surface area contributed by atoms with Crippen molar-refractivity contribution < 1.29 is 9.53 Å². The van der Waals surface area contributed by atoms with Crippen LogP contribution in [0.2, 0.25) is 0 Å². The number of carbonyl (C=O) groups excluding carboxylic acids is 1. The van der Waals surface area contributed by atoms with E-state index in [0.29, 0.717) is 18.8 Å². The molecule has 21 heavy (non-hydrogen) atoms. The number of hydrogen-bond acceptors (Lipinski definition) is 5. The van der Waals surface area contributed by atoms with E-state index in [-0.39, 0.29) is 11.9 Å². The molecule has 0 saturated heterocycles. The zero-order valence-electron chi connectivity index (χ0n) is 12.2. The van der Waals surface area contributed by atoms with Gasteiger partial charge in [0.05, 0.1) is 17.8 Å². The van der Waals surface area contributed by atoms with E-state index in [9.17, 15) is 4.79 Å². The molecule has 0 spiro atoms. The van der Waals surface area contributed by atoms with Crippen LogP contribution in [0.1, 0.15) is 6.92 Å². The van der Waals surface area contributed by atoms with Crippen molar-refractivity contribution in [2.45, 2.75) is 13.0 Å². The summed E-state index contributed by atoms with van der Waals surface area (Å²) in [6.07, 6.45) is 1.68. The number of ether oxygens (including phenoxy) is 1. The Hall–Kier alpha value is -2.34. The minimum absolute atomic E-state index is 0.0825. The average molecular weight is 288 g/mol. The van der Waals surface area contributed by atoms with Gasteiger partial charge in [0.15, 0.2) is 0 Å². The minimum Gasteiger partial charge on any atom is -0.397 e. The lowest BCUT2D eigenvalue weighted by atomic mass is 10.1. The molecule has 1 atom stereocenters. The molecule has 1 aromatic carbocycles. The third-order valence-electron chi connectivity index (χ3n) is 3.17. The minimum atomic E-state index is -0.367. The number of nitrogen functional groups attached to an aromatic ring is 1. The van der Waals surface area contributed by atoms with Gasteiger partial charge in [-0.2, -0.15) is 0 Å². The molecule has 112 valence electrons. The van der Waals surface area contributed by atoms with Crippen LogP contribution in [0.4, 0.5) is 11.4 Å². The van der Waals surface area contributed by atoms with Crippen LogP contribution in [0.15, 0.2) is 30.5 Å². The monoisotopic (exact) mass is 288 g/mol. The van der Waals surface area contributed by atoms with Gasteiger partial charge in [-0.3, -0.25) is 9.78 Å². The first kappa shape index (κ1) is 15.1. The maximum absolute atomic E-state index is 12.0. The number of methoxy groups -OCH3 is 1. The number of anilines is 2. The molecule has 1 aromatic heterocycles. The molecule has 0 fully saturated rings. The number of carbonyl (C=O) groups is 1. The summed E-state index contributed by atoms with van der Waals surface area (Å²) >= 11 is 0. The van der Waals surface area contributed by atoms with Crippen molar-refractivity contribution in [3.8, 4) is 0 Å². The van der Waals surface area contributed by atoms with Crippen LogP contribution < -0.4 is 16.4 Å². The van der Waals surface area contributed by atoms with E-state index in [1.165, 1.54) is 0 Å². The first-order chi connectivity index (χ1) is 10.1. The fraction of sp³-hybridized carbons (Fsp3) is 0.333. The van der Waals surface area contributed by atoms with Crippen LogP contribution in [0, 0.1) is 0 Å². The van der Waals surface area contributed by atoms with Crippen molar-refractivity contribution in [3.63, 3.8) is 0 Å². The van der Waals surface area contributed by atoms with Crippen LogP contribution in [0.25, 0.3) is 10.9 Å². The number of aromatic nitrogens is 1. The smallest absolute Gasteiger partial charge is 0.242 e. The zero-order chi connectivity index (χ0) is 15.2. The number of pyridine rings is 1. The molecule has 2 rings (SSSR count). The molecule has 1 amide bonds. The quantitative estimate of drug-likeness (QED) is 0.552. The van der Waals surface area contributed by atoms with E-state index in [4.69, 9.17) is 10.5 Å². The fourth-order valence-corrected chi connectivity index (χ4v) is 2.05. The van der Waals surface area contributed by atoms with Gasteiger partial charge in [-0.05, 0) is 19.1 Å². The van der Waals surface area contributed by atoms with Gasteiger partial charge >= 0.3 is 0 Å². The summed E-state index contributed by atoms with van der Waals surface area (Å²) in [7, 11) is 1.60. The summed E-state index contributed by atoms with van der Waals surface area (Å²) in [6.45, 7) is 2.79. The molecule has 0 saturated carbocycles. The number of para-hydroxylation sites is 1. The van der Waals surface area contributed by atoms with Gasteiger partial charge in [0.25, 0.3) is 0 Å². The molecule has 6 heteroatoms. The Kier molecular flexibility index (Phi) is 4.94. The van der Waals surface area contributed by atoms with Crippen molar-refractivity contribution in [1.29, 1.82) is 0 Å². The number of nitrogens with one attached hydrogen (secondary N) is 2.